The Kier molecular flexibility index (Phi) is 5.12. The van der Waals surface area contributed by atoms with E-state index in [1.54, 1.807) is 25.1 Å². The van der Waals surface area contributed by atoms with Crippen molar-refractivity contribution in [3.63, 3.8) is 0 Å². The summed E-state index contributed by atoms with van der Waals surface area (Å²) < 4.78 is 0. The van der Waals surface area contributed by atoms with Gasteiger partial charge in [-0.3, -0.25) is 9.59 Å². The maximum Gasteiger partial charge on any atom is 0.252 e. The zero-order valence-electron chi connectivity index (χ0n) is 12.7. The summed E-state index contributed by atoms with van der Waals surface area (Å²) >= 11 is 0. The summed E-state index contributed by atoms with van der Waals surface area (Å²) in [7, 11) is 0. The Morgan fingerprint density at radius 3 is 2.82 bits per heavy atom. The van der Waals surface area contributed by atoms with Crippen LogP contribution in [-0.4, -0.2) is 28.6 Å². The topological polar surface area (TPSA) is 82.2 Å². The number of benzene rings is 1. The number of H-pyrrole nitrogens is 1. The van der Waals surface area contributed by atoms with Crippen LogP contribution in [-0.2, 0) is 0 Å². The Morgan fingerprint density at radius 1 is 1.41 bits per heavy atom. The highest BCUT2D eigenvalue weighted by molar-refractivity contribution is 6.07. The molecule has 0 aliphatic heterocycles. The lowest BCUT2D eigenvalue weighted by atomic mass is 10.0. The normalized spacial score (nSPS) is 12.7. The van der Waals surface area contributed by atoms with Crippen LogP contribution >= 0.6 is 0 Å². The van der Waals surface area contributed by atoms with E-state index in [4.69, 9.17) is 0 Å². The molecule has 0 radical (unpaired) electrons. The van der Waals surface area contributed by atoms with Crippen molar-refractivity contribution in [2.75, 3.05) is 6.61 Å². The first-order valence-electron chi connectivity index (χ1n) is 7.23. The van der Waals surface area contributed by atoms with Crippen LogP contribution < -0.4 is 10.9 Å². The molecule has 1 aromatic heterocycles. The minimum absolute atomic E-state index is 0.156. The standard InChI is InChI=1S/C17H20N2O3/c1-3-4-7-12(10-20)18-17(22)15-11(2)16(21)19-14-9-6-5-8-13(14)15/h3-6,8-9,12,20H,7,10H2,1-2H3,(H,18,22)(H,19,21)/b4-3+. The molecule has 0 bridgehead atoms. The Hall–Kier alpha value is -2.40. The number of aliphatic hydroxyl groups excluding tert-OH is 1. The second-order valence-corrected chi connectivity index (χ2v) is 5.16. The molecule has 3 N–H and O–H groups in total. The zero-order valence-corrected chi connectivity index (χ0v) is 12.7. The number of rotatable bonds is 5. The molecule has 1 heterocycles. The first-order chi connectivity index (χ1) is 10.6. The number of aromatic amines is 1. The van der Waals surface area contributed by atoms with E-state index in [9.17, 15) is 14.7 Å². The number of para-hydroxylation sites is 1. The van der Waals surface area contributed by atoms with Crippen molar-refractivity contribution in [1.82, 2.24) is 10.3 Å². The number of nitrogens with one attached hydrogen (secondary N) is 2. The number of aliphatic hydroxyl groups is 1. The average Bonchev–Trinajstić information content (AvgIpc) is 2.52. The molecule has 1 atom stereocenters. The Labute approximate surface area is 128 Å². The Bertz CT molecular complexity index is 762. The van der Waals surface area contributed by atoms with E-state index in [1.165, 1.54) is 0 Å². The third-order valence-electron chi connectivity index (χ3n) is 3.60. The lowest BCUT2D eigenvalue weighted by Gasteiger charge is -2.16. The van der Waals surface area contributed by atoms with E-state index in [2.05, 4.69) is 10.3 Å². The number of hydrogen-bond acceptors (Lipinski definition) is 3. The molecule has 1 amide bonds. The molecule has 0 saturated carbocycles. The van der Waals surface area contributed by atoms with Crippen LogP contribution in [0.4, 0.5) is 0 Å². The van der Waals surface area contributed by atoms with Gasteiger partial charge in [-0.15, -0.1) is 0 Å². The van der Waals surface area contributed by atoms with E-state index < -0.39 is 0 Å². The molecule has 1 aromatic carbocycles. The Morgan fingerprint density at radius 2 is 2.14 bits per heavy atom. The van der Waals surface area contributed by atoms with Gasteiger partial charge in [0.15, 0.2) is 0 Å². The molecular formula is C17H20N2O3. The highest BCUT2D eigenvalue weighted by Crippen LogP contribution is 2.17. The zero-order chi connectivity index (χ0) is 16.1. The summed E-state index contributed by atoms with van der Waals surface area (Å²) in [6.45, 7) is 3.35. The molecule has 22 heavy (non-hydrogen) atoms. The van der Waals surface area contributed by atoms with Crippen LogP contribution in [0.25, 0.3) is 10.9 Å². The number of carbonyl (C=O) groups is 1. The SMILES string of the molecule is C/C=C/CC(CO)NC(=O)c1c(C)c(=O)[nH]c2ccccc12. The van der Waals surface area contributed by atoms with Gasteiger partial charge in [-0.1, -0.05) is 30.4 Å². The van der Waals surface area contributed by atoms with E-state index in [-0.39, 0.29) is 24.1 Å². The second kappa shape index (κ2) is 7.04. The van der Waals surface area contributed by atoms with Crippen molar-refractivity contribution in [1.29, 1.82) is 0 Å². The summed E-state index contributed by atoms with van der Waals surface area (Å²) in [4.78, 5) is 27.3. The van der Waals surface area contributed by atoms with Crippen molar-refractivity contribution in [2.45, 2.75) is 26.3 Å². The van der Waals surface area contributed by atoms with Crippen LogP contribution in [0.15, 0.2) is 41.2 Å². The number of aromatic nitrogens is 1. The van der Waals surface area contributed by atoms with Gasteiger partial charge in [-0.05, 0) is 26.3 Å². The highest BCUT2D eigenvalue weighted by Gasteiger charge is 2.18. The largest absolute Gasteiger partial charge is 0.394 e. The van der Waals surface area contributed by atoms with Crippen LogP contribution in [0.5, 0.6) is 0 Å². The van der Waals surface area contributed by atoms with Crippen LogP contribution in [0.2, 0.25) is 0 Å². The summed E-state index contributed by atoms with van der Waals surface area (Å²) in [5.74, 6) is -0.344. The fourth-order valence-corrected chi connectivity index (χ4v) is 2.37. The lowest BCUT2D eigenvalue weighted by molar-refractivity contribution is 0.0918. The molecular weight excluding hydrogens is 280 g/mol. The van der Waals surface area contributed by atoms with Gasteiger partial charge in [0.1, 0.15) is 0 Å². The molecule has 2 aromatic rings. The van der Waals surface area contributed by atoms with Crippen LogP contribution in [0, 0.1) is 6.92 Å². The third kappa shape index (κ3) is 3.26. The van der Waals surface area contributed by atoms with Crippen LogP contribution in [0.1, 0.15) is 29.3 Å². The van der Waals surface area contributed by atoms with Gasteiger partial charge in [-0.2, -0.15) is 0 Å². The summed E-state index contributed by atoms with van der Waals surface area (Å²) in [6.07, 6.45) is 4.28. The van der Waals surface area contributed by atoms with Gasteiger partial charge in [0.25, 0.3) is 11.5 Å². The molecule has 0 fully saturated rings. The van der Waals surface area contributed by atoms with Crippen LogP contribution in [0.3, 0.4) is 0 Å². The predicted molar refractivity (Wildman–Crippen MR) is 87.1 cm³/mol. The summed E-state index contributed by atoms with van der Waals surface area (Å²) in [5.41, 5.74) is 1.08. The number of hydrogen-bond donors (Lipinski definition) is 3. The lowest BCUT2D eigenvalue weighted by Crippen LogP contribution is -2.38. The third-order valence-corrected chi connectivity index (χ3v) is 3.60. The van der Waals surface area contributed by atoms with Crippen molar-refractivity contribution in [2.24, 2.45) is 0 Å². The molecule has 0 spiro atoms. The van der Waals surface area contributed by atoms with Crippen molar-refractivity contribution in [3.8, 4) is 0 Å². The van der Waals surface area contributed by atoms with Crippen molar-refractivity contribution < 1.29 is 9.90 Å². The van der Waals surface area contributed by atoms with Gasteiger partial charge in [-0.25, -0.2) is 0 Å². The fraction of sp³-hybridized carbons (Fsp3) is 0.294. The number of amides is 1. The Balaban J connectivity index is 2.43. The van der Waals surface area contributed by atoms with E-state index >= 15 is 0 Å². The minimum Gasteiger partial charge on any atom is -0.394 e. The second-order valence-electron chi connectivity index (χ2n) is 5.16. The van der Waals surface area contributed by atoms with E-state index in [0.29, 0.717) is 28.5 Å². The molecule has 5 nitrogen and oxygen atoms in total. The monoisotopic (exact) mass is 300 g/mol. The van der Waals surface area contributed by atoms with Gasteiger partial charge < -0.3 is 15.4 Å². The maximum absolute atomic E-state index is 12.6. The van der Waals surface area contributed by atoms with E-state index in [1.807, 2.05) is 25.1 Å². The first kappa shape index (κ1) is 16.0. The molecule has 0 saturated heterocycles. The molecule has 1 unspecified atom stereocenters. The molecule has 5 heteroatoms. The first-order valence-corrected chi connectivity index (χ1v) is 7.23. The van der Waals surface area contributed by atoms with Gasteiger partial charge in [0, 0.05) is 16.5 Å². The fourth-order valence-electron chi connectivity index (χ4n) is 2.37. The maximum atomic E-state index is 12.6. The molecule has 0 aliphatic carbocycles. The quantitative estimate of drug-likeness (QED) is 0.738. The number of fused-ring (bicyclic) bond motifs is 1. The summed E-state index contributed by atoms with van der Waals surface area (Å²) in [5, 5.41) is 12.8. The predicted octanol–water partition coefficient (Wildman–Crippen LogP) is 1.89. The highest BCUT2D eigenvalue weighted by atomic mass is 16.3. The summed E-state index contributed by atoms with van der Waals surface area (Å²) in [6, 6.07) is 6.81. The number of allylic oxidation sites excluding steroid dienone is 1. The van der Waals surface area contributed by atoms with Gasteiger partial charge in [0.05, 0.1) is 18.2 Å². The van der Waals surface area contributed by atoms with Crippen molar-refractivity contribution >= 4 is 16.8 Å². The minimum atomic E-state index is -0.374. The molecule has 0 aliphatic rings. The average molecular weight is 300 g/mol. The number of carbonyl (C=O) groups excluding carboxylic acids is 1. The van der Waals surface area contributed by atoms with Gasteiger partial charge in [0.2, 0.25) is 0 Å². The molecule has 116 valence electrons. The van der Waals surface area contributed by atoms with Crippen molar-refractivity contribution in [3.05, 3.63) is 57.9 Å². The smallest absolute Gasteiger partial charge is 0.252 e. The van der Waals surface area contributed by atoms with E-state index in [0.717, 1.165) is 0 Å². The molecule has 2 rings (SSSR count). The van der Waals surface area contributed by atoms with Gasteiger partial charge >= 0.3 is 0 Å². The number of pyridine rings is 1.